The number of aromatic nitrogens is 1. The van der Waals surface area contributed by atoms with Crippen LogP contribution in [0.2, 0.25) is 0 Å². The second-order valence-corrected chi connectivity index (χ2v) is 7.40. The smallest absolute Gasteiger partial charge is 0.0897 e. The fraction of sp³-hybridized carbons (Fsp3) is 0.250. The van der Waals surface area contributed by atoms with Crippen molar-refractivity contribution in [2.45, 2.75) is 18.4 Å². The van der Waals surface area contributed by atoms with E-state index in [9.17, 15) is 4.21 Å². The van der Waals surface area contributed by atoms with E-state index in [0.717, 1.165) is 19.9 Å². The summed E-state index contributed by atoms with van der Waals surface area (Å²) in [6.45, 7) is 1.96. The van der Waals surface area contributed by atoms with Crippen LogP contribution in [0.25, 0.3) is 0 Å². The number of hydrogen-bond donors (Lipinski definition) is 0. The molecule has 2 rings (SSSR count). The normalized spacial score (nSPS) is 12.6. The Kier molecular flexibility index (Phi) is 4.48. The van der Waals surface area contributed by atoms with Crippen molar-refractivity contribution in [3.05, 3.63) is 50.4 Å². The van der Waals surface area contributed by atoms with Crippen LogP contribution in [0, 0.1) is 6.92 Å². The number of nitrogens with zero attached hydrogens (tertiary/aromatic N) is 1. The summed E-state index contributed by atoms with van der Waals surface area (Å²) in [6, 6.07) is 7.95. The predicted molar refractivity (Wildman–Crippen MR) is 76.5 cm³/mol. The molecule has 1 unspecified atom stereocenters. The Morgan fingerprint density at radius 1 is 1.41 bits per heavy atom. The lowest BCUT2D eigenvalue weighted by molar-refractivity contribution is 0.682. The largest absolute Gasteiger partial charge is 0.259 e. The van der Waals surface area contributed by atoms with Gasteiger partial charge in [-0.25, -0.2) is 4.98 Å². The SMILES string of the molecule is Cc1ncc(CS(=O)Cc2cccc(Br)c2)s1. The second kappa shape index (κ2) is 5.89. The lowest BCUT2D eigenvalue weighted by Gasteiger charge is -2.01. The number of thiazole rings is 1. The number of halogens is 1. The van der Waals surface area contributed by atoms with Gasteiger partial charge in [-0.2, -0.15) is 0 Å². The number of hydrogen-bond acceptors (Lipinski definition) is 3. The van der Waals surface area contributed by atoms with E-state index in [1.165, 1.54) is 0 Å². The van der Waals surface area contributed by atoms with Gasteiger partial charge in [-0.15, -0.1) is 11.3 Å². The molecule has 0 N–H and O–H groups in total. The van der Waals surface area contributed by atoms with Crippen LogP contribution in [0.1, 0.15) is 15.4 Å². The van der Waals surface area contributed by atoms with Gasteiger partial charge in [-0.3, -0.25) is 4.21 Å². The molecule has 0 aliphatic heterocycles. The molecular formula is C12H12BrNOS2. The van der Waals surface area contributed by atoms with Crippen LogP contribution in [-0.4, -0.2) is 9.19 Å². The van der Waals surface area contributed by atoms with E-state index in [1.807, 2.05) is 37.4 Å². The highest BCUT2D eigenvalue weighted by Crippen LogP contribution is 2.17. The Balaban J connectivity index is 1.98. The highest BCUT2D eigenvalue weighted by atomic mass is 79.9. The molecule has 0 saturated carbocycles. The van der Waals surface area contributed by atoms with E-state index < -0.39 is 10.8 Å². The Morgan fingerprint density at radius 2 is 2.24 bits per heavy atom. The average Bonchev–Trinajstić information content (AvgIpc) is 2.63. The molecule has 0 fully saturated rings. The summed E-state index contributed by atoms with van der Waals surface area (Å²) in [6.07, 6.45) is 1.82. The van der Waals surface area contributed by atoms with Gasteiger partial charge in [-0.05, 0) is 24.6 Å². The Bertz CT molecular complexity index is 539. The van der Waals surface area contributed by atoms with Crippen molar-refractivity contribution in [3.8, 4) is 0 Å². The van der Waals surface area contributed by atoms with Crippen LogP contribution in [0.15, 0.2) is 34.9 Å². The molecule has 5 heteroatoms. The van der Waals surface area contributed by atoms with Gasteiger partial charge in [0.1, 0.15) is 0 Å². The number of aryl methyl sites for hydroxylation is 1. The first-order valence-corrected chi connectivity index (χ1v) is 8.24. The quantitative estimate of drug-likeness (QED) is 0.856. The zero-order valence-electron chi connectivity index (χ0n) is 9.35. The van der Waals surface area contributed by atoms with E-state index in [1.54, 1.807) is 11.3 Å². The van der Waals surface area contributed by atoms with Crippen LogP contribution in [0.3, 0.4) is 0 Å². The number of benzene rings is 1. The van der Waals surface area contributed by atoms with Crippen molar-refractivity contribution >= 4 is 38.1 Å². The monoisotopic (exact) mass is 329 g/mol. The van der Waals surface area contributed by atoms with Crippen molar-refractivity contribution in [2.24, 2.45) is 0 Å². The van der Waals surface area contributed by atoms with Gasteiger partial charge in [-0.1, -0.05) is 28.1 Å². The summed E-state index contributed by atoms with van der Waals surface area (Å²) in [5.41, 5.74) is 1.10. The molecule has 1 aromatic carbocycles. The van der Waals surface area contributed by atoms with Crippen LogP contribution in [0.4, 0.5) is 0 Å². The minimum Gasteiger partial charge on any atom is -0.259 e. The van der Waals surface area contributed by atoms with Crippen LogP contribution < -0.4 is 0 Å². The molecule has 0 bridgehead atoms. The lowest BCUT2D eigenvalue weighted by Crippen LogP contribution is -1.98. The fourth-order valence-corrected chi connectivity index (χ4v) is 4.21. The van der Waals surface area contributed by atoms with E-state index in [2.05, 4.69) is 20.9 Å². The molecule has 17 heavy (non-hydrogen) atoms. The minimum absolute atomic E-state index is 0.594. The predicted octanol–water partition coefficient (Wildman–Crippen LogP) is 3.66. The molecule has 1 aromatic heterocycles. The van der Waals surface area contributed by atoms with E-state index >= 15 is 0 Å². The van der Waals surface area contributed by atoms with Gasteiger partial charge in [0.25, 0.3) is 0 Å². The Labute approximate surface area is 116 Å². The summed E-state index contributed by atoms with van der Waals surface area (Å²) in [5, 5.41) is 1.03. The third kappa shape index (κ3) is 4.01. The maximum atomic E-state index is 12.0. The van der Waals surface area contributed by atoms with Gasteiger partial charge < -0.3 is 0 Å². The summed E-state index contributed by atoms with van der Waals surface area (Å²) in [7, 11) is -0.867. The molecule has 0 aliphatic rings. The molecular weight excluding hydrogens is 318 g/mol. The van der Waals surface area contributed by atoms with Gasteiger partial charge in [0, 0.05) is 32.1 Å². The minimum atomic E-state index is -0.867. The summed E-state index contributed by atoms with van der Waals surface area (Å²) in [5.74, 6) is 1.19. The van der Waals surface area contributed by atoms with Crippen molar-refractivity contribution in [2.75, 3.05) is 0 Å². The van der Waals surface area contributed by atoms with Gasteiger partial charge in [0.15, 0.2) is 0 Å². The zero-order chi connectivity index (χ0) is 12.3. The van der Waals surface area contributed by atoms with Crippen molar-refractivity contribution < 1.29 is 4.21 Å². The van der Waals surface area contributed by atoms with Gasteiger partial charge >= 0.3 is 0 Å². The van der Waals surface area contributed by atoms with E-state index in [-0.39, 0.29) is 0 Å². The second-order valence-electron chi connectivity index (χ2n) is 3.70. The molecule has 0 amide bonds. The van der Waals surface area contributed by atoms with E-state index in [0.29, 0.717) is 11.5 Å². The van der Waals surface area contributed by atoms with Crippen molar-refractivity contribution in [3.63, 3.8) is 0 Å². The third-order valence-electron chi connectivity index (χ3n) is 2.19. The van der Waals surface area contributed by atoms with Gasteiger partial charge in [0.05, 0.1) is 10.8 Å². The van der Waals surface area contributed by atoms with E-state index in [4.69, 9.17) is 0 Å². The van der Waals surface area contributed by atoms with Gasteiger partial charge in [0.2, 0.25) is 0 Å². The van der Waals surface area contributed by atoms with Crippen LogP contribution in [0.5, 0.6) is 0 Å². The third-order valence-corrected chi connectivity index (χ3v) is 5.07. The summed E-state index contributed by atoms with van der Waals surface area (Å²) >= 11 is 5.03. The molecule has 1 heterocycles. The van der Waals surface area contributed by atoms with Crippen molar-refractivity contribution in [1.29, 1.82) is 0 Å². The van der Waals surface area contributed by atoms with Crippen molar-refractivity contribution in [1.82, 2.24) is 4.98 Å². The first-order valence-electron chi connectivity index (χ1n) is 5.14. The maximum Gasteiger partial charge on any atom is 0.0897 e. The first-order chi connectivity index (χ1) is 8.13. The maximum absolute atomic E-state index is 12.0. The summed E-state index contributed by atoms with van der Waals surface area (Å²) in [4.78, 5) is 5.26. The zero-order valence-corrected chi connectivity index (χ0v) is 12.6. The standard InChI is InChI=1S/C12H12BrNOS2/c1-9-14-6-12(16-9)8-17(15)7-10-3-2-4-11(13)5-10/h2-6H,7-8H2,1H3. The topological polar surface area (TPSA) is 30.0 Å². The Hall–Kier alpha value is -0.520. The molecule has 90 valence electrons. The molecule has 0 spiro atoms. The molecule has 0 aliphatic carbocycles. The molecule has 2 nitrogen and oxygen atoms in total. The highest BCUT2D eigenvalue weighted by Gasteiger charge is 2.06. The summed E-state index contributed by atoms with van der Waals surface area (Å²) < 4.78 is 13.0. The average molecular weight is 330 g/mol. The molecule has 0 saturated heterocycles. The fourth-order valence-electron chi connectivity index (χ4n) is 1.49. The molecule has 0 radical (unpaired) electrons. The Morgan fingerprint density at radius 3 is 2.88 bits per heavy atom. The van der Waals surface area contributed by atoms with Crippen LogP contribution in [-0.2, 0) is 22.3 Å². The highest BCUT2D eigenvalue weighted by molar-refractivity contribution is 9.10. The van der Waals surface area contributed by atoms with Crippen LogP contribution >= 0.6 is 27.3 Å². The lowest BCUT2D eigenvalue weighted by atomic mass is 10.2. The number of rotatable bonds is 4. The molecule has 1 atom stereocenters. The first kappa shape index (κ1) is 12.9. The molecule has 2 aromatic rings.